The van der Waals surface area contributed by atoms with E-state index in [9.17, 15) is 4.79 Å². The third-order valence-electron chi connectivity index (χ3n) is 2.61. The van der Waals surface area contributed by atoms with Gasteiger partial charge < -0.3 is 16.0 Å². The summed E-state index contributed by atoms with van der Waals surface area (Å²) in [5, 5.41) is 9.12. The molecule has 0 saturated heterocycles. The van der Waals surface area contributed by atoms with Crippen LogP contribution in [0.1, 0.15) is 26.7 Å². The van der Waals surface area contributed by atoms with Crippen molar-refractivity contribution in [3.63, 3.8) is 0 Å². The van der Waals surface area contributed by atoms with E-state index < -0.39 is 0 Å². The molecule has 0 aromatic heterocycles. The van der Waals surface area contributed by atoms with E-state index in [1.165, 1.54) is 0 Å². The first kappa shape index (κ1) is 16.0. The number of rotatable bonds is 7. The minimum atomic E-state index is -0.121. The van der Waals surface area contributed by atoms with Gasteiger partial charge in [0.05, 0.1) is 0 Å². The first-order valence-corrected chi connectivity index (χ1v) is 7.13. The fourth-order valence-electron chi connectivity index (χ4n) is 1.60. The molecule has 0 spiro atoms. The van der Waals surface area contributed by atoms with Crippen LogP contribution in [0.4, 0.5) is 5.69 Å². The Labute approximate surface area is 120 Å². The smallest absolute Gasteiger partial charge is 0.246 e. The molecule has 0 saturated carbocycles. The predicted molar refractivity (Wildman–Crippen MR) is 84.0 cm³/mol. The summed E-state index contributed by atoms with van der Waals surface area (Å²) in [5.41, 5.74) is 0.789. The van der Waals surface area contributed by atoms with E-state index in [0.29, 0.717) is 5.96 Å². The van der Waals surface area contributed by atoms with Crippen molar-refractivity contribution in [3.05, 3.63) is 30.3 Å². The molecular weight excluding hydrogens is 252 g/mol. The zero-order chi connectivity index (χ0) is 14.6. The number of hydrogen-bond acceptors (Lipinski definition) is 2. The third kappa shape index (κ3) is 6.78. The molecule has 3 N–H and O–H groups in total. The lowest BCUT2D eigenvalue weighted by atomic mass is 10.3. The highest BCUT2D eigenvalue weighted by atomic mass is 16.1. The first-order valence-electron chi connectivity index (χ1n) is 7.13. The number of unbranched alkanes of at least 4 members (excludes halogenated alkanes) is 1. The molecule has 0 bridgehead atoms. The van der Waals surface area contributed by atoms with Crippen LogP contribution < -0.4 is 16.0 Å². The predicted octanol–water partition coefficient (Wildman–Crippen LogP) is 1.98. The summed E-state index contributed by atoms with van der Waals surface area (Å²) in [6.07, 6.45) is 2.21. The Morgan fingerprint density at radius 2 is 1.90 bits per heavy atom. The largest absolute Gasteiger partial charge is 0.357 e. The lowest BCUT2D eigenvalue weighted by Crippen LogP contribution is -2.38. The number of hydrogen-bond donors (Lipinski definition) is 3. The summed E-state index contributed by atoms with van der Waals surface area (Å²) < 4.78 is 0. The van der Waals surface area contributed by atoms with Crippen molar-refractivity contribution in [1.82, 2.24) is 10.6 Å². The minimum absolute atomic E-state index is 0.107. The molecule has 110 valence electrons. The Kier molecular flexibility index (Phi) is 7.87. The molecular formula is C15H24N4O. The number of para-hydroxylation sites is 1. The summed E-state index contributed by atoms with van der Waals surface area (Å²) in [4.78, 5) is 16.0. The van der Waals surface area contributed by atoms with Crippen molar-refractivity contribution in [3.8, 4) is 0 Å². The van der Waals surface area contributed by atoms with E-state index >= 15 is 0 Å². The quantitative estimate of drug-likeness (QED) is 0.405. The van der Waals surface area contributed by atoms with Crippen LogP contribution in [0, 0.1) is 0 Å². The van der Waals surface area contributed by atoms with Gasteiger partial charge in [0.15, 0.2) is 5.96 Å². The molecule has 0 heterocycles. The number of aliphatic imine (C=N–C) groups is 1. The molecule has 0 aliphatic heterocycles. The number of nitrogens with zero attached hydrogens (tertiary/aromatic N) is 1. The second-order valence-corrected chi connectivity index (χ2v) is 4.39. The normalized spacial score (nSPS) is 11.0. The van der Waals surface area contributed by atoms with Gasteiger partial charge in [-0.3, -0.25) is 4.79 Å². The monoisotopic (exact) mass is 276 g/mol. The highest BCUT2D eigenvalue weighted by Gasteiger charge is 2.02. The molecule has 1 aromatic carbocycles. The second kappa shape index (κ2) is 9.83. The van der Waals surface area contributed by atoms with Crippen LogP contribution in [0.3, 0.4) is 0 Å². The number of guanidine groups is 1. The molecule has 0 atom stereocenters. The lowest BCUT2D eigenvalue weighted by molar-refractivity contribution is -0.114. The van der Waals surface area contributed by atoms with Crippen molar-refractivity contribution in [2.45, 2.75) is 26.7 Å². The summed E-state index contributed by atoms with van der Waals surface area (Å²) in [6.45, 7) is 5.89. The van der Waals surface area contributed by atoms with Crippen LogP contribution in [-0.4, -0.2) is 31.5 Å². The molecule has 0 fully saturated rings. The zero-order valence-corrected chi connectivity index (χ0v) is 12.3. The highest BCUT2D eigenvalue weighted by molar-refractivity contribution is 5.94. The number of amides is 1. The van der Waals surface area contributed by atoms with E-state index in [1.807, 2.05) is 37.3 Å². The van der Waals surface area contributed by atoms with E-state index in [1.54, 1.807) is 0 Å². The van der Waals surface area contributed by atoms with Crippen molar-refractivity contribution >= 4 is 17.6 Å². The van der Waals surface area contributed by atoms with Gasteiger partial charge in [-0.15, -0.1) is 0 Å². The lowest BCUT2D eigenvalue weighted by Gasteiger charge is -2.10. The standard InChI is InChI=1S/C15H24N4O/c1-3-5-11-17-15(16-4-2)18-12-14(20)19-13-9-7-6-8-10-13/h6-10H,3-5,11-12H2,1-2H3,(H,19,20)(H2,16,17,18). The number of carbonyl (C=O) groups is 1. The molecule has 1 rings (SSSR count). The molecule has 0 aliphatic carbocycles. The van der Waals surface area contributed by atoms with Crippen LogP contribution in [-0.2, 0) is 4.79 Å². The maximum Gasteiger partial charge on any atom is 0.246 e. The fraction of sp³-hybridized carbons (Fsp3) is 0.467. The maximum atomic E-state index is 11.8. The van der Waals surface area contributed by atoms with E-state index in [2.05, 4.69) is 27.9 Å². The van der Waals surface area contributed by atoms with Crippen molar-refractivity contribution in [1.29, 1.82) is 0 Å². The summed E-state index contributed by atoms with van der Waals surface area (Å²) in [5.74, 6) is 0.563. The Hall–Kier alpha value is -2.04. The zero-order valence-electron chi connectivity index (χ0n) is 12.3. The summed E-state index contributed by atoms with van der Waals surface area (Å²) in [6, 6.07) is 9.39. The Balaban J connectivity index is 2.42. The van der Waals surface area contributed by atoms with E-state index in [-0.39, 0.29) is 12.5 Å². The molecule has 1 aromatic rings. The third-order valence-corrected chi connectivity index (χ3v) is 2.61. The van der Waals surface area contributed by atoms with E-state index in [0.717, 1.165) is 31.6 Å². The highest BCUT2D eigenvalue weighted by Crippen LogP contribution is 2.04. The van der Waals surface area contributed by atoms with Gasteiger partial charge in [-0.25, -0.2) is 4.99 Å². The van der Waals surface area contributed by atoms with Gasteiger partial charge in [-0.05, 0) is 25.5 Å². The SMILES string of the molecule is CCCCNC(=NCC(=O)Nc1ccccc1)NCC. The van der Waals surface area contributed by atoms with Gasteiger partial charge in [0.25, 0.3) is 0 Å². The second-order valence-electron chi connectivity index (χ2n) is 4.39. The molecule has 0 radical (unpaired) electrons. The van der Waals surface area contributed by atoms with Gasteiger partial charge in [0.1, 0.15) is 6.54 Å². The molecule has 0 unspecified atom stereocenters. The number of nitrogens with one attached hydrogen (secondary N) is 3. The Morgan fingerprint density at radius 1 is 1.15 bits per heavy atom. The van der Waals surface area contributed by atoms with Crippen LogP contribution in [0.2, 0.25) is 0 Å². The van der Waals surface area contributed by atoms with Gasteiger partial charge in [0.2, 0.25) is 5.91 Å². The van der Waals surface area contributed by atoms with Gasteiger partial charge >= 0.3 is 0 Å². The summed E-state index contributed by atoms with van der Waals surface area (Å²) >= 11 is 0. The number of benzene rings is 1. The van der Waals surface area contributed by atoms with Crippen LogP contribution >= 0.6 is 0 Å². The van der Waals surface area contributed by atoms with Crippen molar-refractivity contribution in [2.24, 2.45) is 4.99 Å². The maximum absolute atomic E-state index is 11.8. The molecule has 1 amide bonds. The van der Waals surface area contributed by atoms with Crippen molar-refractivity contribution in [2.75, 3.05) is 25.0 Å². The first-order chi connectivity index (χ1) is 9.76. The Morgan fingerprint density at radius 3 is 2.55 bits per heavy atom. The molecule has 0 aliphatic rings. The van der Waals surface area contributed by atoms with Crippen LogP contribution in [0.15, 0.2) is 35.3 Å². The minimum Gasteiger partial charge on any atom is -0.357 e. The average molecular weight is 276 g/mol. The van der Waals surface area contributed by atoms with Crippen LogP contribution in [0.5, 0.6) is 0 Å². The summed E-state index contributed by atoms with van der Waals surface area (Å²) in [7, 11) is 0. The van der Waals surface area contributed by atoms with Gasteiger partial charge in [0, 0.05) is 18.8 Å². The Bertz CT molecular complexity index is 417. The fourth-order valence-corrected chi connectivity index (χ4v) is 1.60. The van der Waals surface area contributed by atoms with Crippen molar-refractivity contribution < 1.29 is 4.79 Å². The molecule has 20 heavy (non-hydrogen) atoms. The number of anilines is 1. The van der Waals surface area contributed by atoms with E-state index in [4.69, 9.17) is 0 Å². The topological polar surface area (TPSA) is 65.5 Å². The van der Waals surface area contributed by atoms with Gasteiger partial charge in [-0.2, -0.15) is 0 Å². The van der Waals surface area contributed by atoms with Crippen LogP contribution in [0.25, 0.3) is 0 Å². The van der Waals surface area contributed by atoms with Gasteiger partial charge in [-0.1, -0.05) is 31.5 Å². The molecule has 5 heteroatoms. The average Bonchev–Trinajstić information content (AvgIpc) is 2.46. The molecule has 5 nitrogen and oxygen atoms in total. The number of carbonyl (C=O) groups excluding carboxylic acids is 1.